The molecule has 0 saturated heterocycles. The van der Waals surface area contributed by atoms with Gasteiger partial charge in [0.2, 0.25) is 0 Å². The monoisotopic (exact) mass is 355 g/mol. The van der Waals surface area contributed by atoms with Gasteiger partial charge in [0.05, 0.1) is 5.69 Å². The summed E-state index contributed by atoms with van der Waals surface area (Å²) in [6.07, 6.45) is 0. The Balaban J connectivity index is 2.04. The van der Waals surface area contributed by atoms with E-state index in [1.54, 1.807) is 0 Å². The number of anilines is 1. The van der Waals surface area contributed by atoms with Crippen LogP contribution in [-0.2, 0) is 6.61 Å². The van der Waals surface area contributed by atoms with Gasteiger partial charge < -0.3 is 10.5 Å². The lowest BCUT2D eigenvalue weighted by molar-refractivity contribution is 0.308. The van der Waals surface area contributed by atoms with Crippen molar-refractivity contribution in [3.8, 4) is 5.75 Å². The normalized spacial score (nSPS) is 10.2. The minimum atomic E-state index is 0.513. The SMILES string of the molecule is Nc1cc(Br)ccc1OCc1ccc(Br)cc1. The van der Waals surface area contributed by atoms with E-state index in [0.29, 0.717) is 18.0 Å². The number of ether oxygens (including phenoxy) is 1. The molecule has 2 rings (SSSR count). The van der Waals surface area contributed by atoms with E-state index in [1.165, 1.54) is 0 Å². The Morgan fingerprint density at radius 2 is 1.59 bits per heavy atom. The number of benzene rings is 2. The Labute approximate surface area is 117 Å². The molecule has 2 aromatic rings. The fraction of sp³-hybridized carbons (Fsp3) is 0.0769. The van der Waals surface area contributed by atoms with Gasteiger partial charge in [-0.05, 0) is 35.9 Å². The maximum absolute atomic E-state index is 5.85. The van der Waals surface area contributed by atoms with Crippen LogP contribution in [0.15, 0.2) is 51.4 Å². The molecule has 0 aliphatic rings. The molecule has 0 bridgehead atoms. The van der Waals surface area contributed by atoms with Crippen molar-refractivity contribution in [3.63, 3.8) is 0 Å². The van der Waals surface area contributed by atoms with Crippen LogP contribution in [0.25, 0.3) is 0 Å². The summed E-state index contributed by atoms with van der Waals surface area (Å²) in [6.45, 7) is 0.513. The molecule has 0 aliphatic carbocycles. The number of rotatable bonds is 3. The molecule has 2 nitrogen and oxygen atoms in total. The van der Waals surface area contributed by atoms with Crippen molar-refractivity contribution < 1.29 is 4.74 Å². The van der Waals surface area contributed by atoms with Crippen molar-refractivity contribution >= 4 is 37.5 Å². The van der Waals surface area contributed by atoms with Gasteiger partial charge in [0.1, 0.15) is 12.4 Å². The molecule has 2 aromatic carbocycles. The largest absolute Gasteiger partial charge is 0.487 e. The van der Waals surface area contributed by atoms with Gasteiger partial charge in [0.25, 0.3) is 0 Å². The first kappa shape index (κ1) is 12.5. The van der Waals surface area contributed by atoms with Gasteiger partial charge in [-0.2, -0.15) is 0 Å². The number of nitrogen functional groups attached to an aromatic ring is 1. The third-order valence-corrected chi connectivity index (χ3v) is 3.30. The molecular formula is C13H11Br2NO. The zero-order valence-corrected chi connectivity index (χ0v) is 12.2. The molecular weight excluding hydrogens is 346 g/mol. The zero-order valence-electron chi connectivity index (χ0n) is 8.99. The van der Waals surface area contributed by atoms with Gasteiger partial charge in [-0.25, -0.2) is 0 Å². The van der Waals surface area contributed by atoms with Crippen LogP contribution in [0.5, 0.6) is 5.75 Å². The summed E-state index contributed by atoms with van der Waals surface area (Å²) in [6, 6.07) is 13.6. The van der Waals surface area contributed by atoms with Crippen molar-refractivity contribution in [2.75, 3.05) is 5.73 Å². The highest BCUT2D eigenvalue weighted by atomic mass is 79.9. The summed E-state index contributed by atoms with van der Waals surface area (Å²) < 4.78 is 7.67. The van der Waals surface area contributed by atoms with Crippen molar-refractivity contribution in [1.29, 1.82) is 0 Å². The van der Waals surface area contributed by atoms with Gasteiger partial charge >= 0.3 is 0 Å². The molecule has 0 amide bonds. The molecule has 0 aliphatic heterocycles. The lowest BCUT2D eigenvalue weighted by Gasteiger charge is -2.09. The topological polar surface area (TPSA) is 35.2 Å². The molecule has 4 heteroatoms. The van der Waals surface area contributed by atoms with Crippen molar-refractivity contribution in [3.05, 3.63) is 57.0 Å². The van der Waals surface area contributed by atoms with Gasteiger partial charge in [-0.1, -0.05) is 44.0 Å². The predicted molar refractivity (Wildman–Crippen MR) is 77.0 cm³/mol. The summed E-state index contributed by atoms with van der Waals surface area (Å²) in [4.78, 5) is 0. The second-order valence-corrected chi connectivity index (χ2v) is 5.43. The maximum atomic E-state index is 5.85. The summed E-state index contributed by atoms with van der Waals surface area (Å²) >= 11 is 6.75. The molecule has 0 fully saturated rings. The highest BCUT2D eigenvalue weighted by molar-refractivity contribution is 9.10. The van der Waals surface area contributed by atoms with Crippen LogP contribution in [0.1, 0.15) is 5.56 Å². The minimum Gasteiger partial charge on any atom is -0.487 e. The van der Waals surface area contributed by atoms with Crippen LogP contribution in [-0.4, -0.2) is 0 Å². The van der Waals surface area contributed by atoms with Crippen LogP contribution < -0.4 is 10.5 Å². The summed E-state index contributed by atoms with van der Waals surface area (Å²) in [7, 11) is 0. The highest BCUT2D eigenvalue weighted by Gasteiger charge is 2.01. The smallest absolute Gasteiger partial charge is 0.142 e. The summed E-state index contributed by atoms with van der Waals surface area (Å²) in [5.74, 6) is 0.705. The molecule has 0 heterocycles. The van der Waals surface area contributed by atoms with Crippen LogP contribution in [0.3, 0.4) is 0 Å². The standard InChI is InChI=1S/C13H11Br2NO/c14-10-3-1-9(2-4-10)8-17-13-6-5-11(15)7-12(13)16/h1-7H,8,16H2. The average Bonchev–Trinajstić information content (AvgIpc) is 2.30. The summed E-state index contributed by atoms with van der Waals surface area (Å²) in [5.41, 5.74) is 7.59. The quantitative estimate of drug-likeness (QED) is 0.828. The molecule has 0 atom stereocenters. The fourth-order valence-corrected chi connectivity index (χ4v) is 2.04. The summed E-state index contributed by atoms with van der Waals surface area (Å²) in [5, 5.41) is 0. The number of hydrogen-bond acceptors (Lipinski definition) is 2. The maximum Gasteiger partial charge on any atom is 0.142 e. The Morgan fingerprint density at radius 3 is 2.24 bits per heavy atom. The molecule has 0 radical (unpaired) electrons. The van der Waals surface area contributed by atoms with Crippen molar-refractivity contribution in [2.45, 2.75) is 6.61 Å². The Hall–Kier alpha value is -1.00. The lowest BCUT2D eigenvalue weighted by atomic mass is 10.2. The van der Waals surface area contributed by atoms with E-state index in [-0.39, 0.29) is 0 Å². The molecule has 0 spiro atoms. The second kappa shape index (κ2) is 5.56. The van der Waals surface area contributed by atoms with E-state index in [0.717, 1.165) is 14.5 Å². The Bertz CT molecular complexity index is 511. The van der Waals surface area contributed by atoms with Crippen LogP contribution in [0, 0.1) is 0 Å². The molecule has 0 aromatic heterocycles. The first-order chi connectivity index (χ1) is 8.15. The predicted octanol–water partition coefficient (Wildman–Crippen LogP) is 4.37. The van der Waals surface area contributed by atoms with Crippen molar-refractivity contribution in [1.82, 2.24) is 0 Å². The molecule has 88 valence electrons. The number of halogens is 2. The zero-order chi connectivity index (χ0) is 12.3. The Kier molecular flexibility index (Phi) is 4.07. The fourth-order valence-electron chi connectivity index (χ4n) is 1.39. The number of hydrogen-bond donors (Lipinski definition) is 1. The highest BCUT2D eigenvalue weighted by Crippen LogP contribution is 2.26. The lowest BCUT2D eigenvalue weighted by Crippen LogP contribution is -1.98. The molecule has 17 heavy (non-hydrogen) atoms. The van der Waals surface area contributed by atoms with E-state index in [2.05, 4.69) is 31.9 Å². The molecule has 0 unspecified atom stereocenters. The van der Waals surface area contributed by atoms with Crippen LogP contribution >= 0.6 is 31.9 Å². The molecule has 2 N–H and O–H groups in total. The van der Waals surface area contributed by atoms with Gasteiger partial charge in [0.15, 0.2) is 0 Å². The van der Waals surface area contributed by atoms with Gasteiger partial charge in [-0.3, -0.25) is 0 Å². The minimum absolute atomic E-state index is 0.513. The van der Waals surface area contributed by atoms with E-state index >= 15 is 0 Å². The molecule has 0 saturated carbocycles. The third kappa shape index (κ3) is 3.48. The first-order valence-corrected chi connectivity index (χ1v) is 6.66. The van der Waals surface area contributed by atoms with Crippen LogP contribution in [0.4, 0.5) is 5.69 Å². The first-order valence-electron chi connectivity index (χ1n) is 5.07. The van der Waals surface area contributed by atoms with Crippen molar-refractivity contribution in [2.24, 2.45) is 0 Å². The van der Waals surface area contributed by atoms with E-state index in [1.807, 2.05) is 42.5 Å². The van der Waals surface area contributed by atoms with Gasteiger partial charge in [0, 0.05) is 8.95 Å². The van der Waals surface area contributed by atoms with E-state index < -0.39 is 0 Å². The van der Waals surface area contributed by atoms with Gasteiger partial charge in [-0.15, -0.1) is 0 Å². The third-order valence-electron chi connectivity index (χ3n) is 2.28. The van der Waals surface area contributed by atoms with E-state index in [9.17, 15) is 0 Å². The second-order valence-electron chi connectivity index (χ2n) is 3.60. The Morgan fingerprint density at radius 1 is 0.941 bits per heavy atom. The average molecular weight is 357 g/mol. The van der Waals surface area contributed by atoms with Crippen LogP contribution in [0.2, 0.25) is 0 Å². The number of nitrogens with two attached hydrogens (primary N) is 1. The van der Waals surface area contributed by atoms with E-state index in [4.69, 9.17) is 10.5 Å².